The molecular formula is C29H37NO5SSi. The van der Waals surface area contributed by atoms with Crippen LogP contribution in [0.2, 0.25) is 18.1 Å². The average molecular weight is 540 g/mol. The van der Waals surface area contributed by atoms with Crippen LogP contribution in [0.15, 0.2) is 77.7 Å². The number of ether oxygens (including phenoxy) is 1. The van der Waals surface area contributed by atoms with Crippen LogP contribution >= 0.6 is 0 Å². The van der Waals surface area contributed by atoms with Gasteiger partial charge < -0.3 is 9.16 Å². The smallest absolute Gasteiger partial charge is 0.322 e. The minimum Gasteiger partial charge on any atom is -0.468 e. The molecule has 8 heteroatoms. The Hall–Kier alpha value is -2.68. The summed E-state index contributed by atoms with van der Waals surface area (Å²) in [5.74, 6) is -0.503. The summed E-state index contributed by atoms with van der Waals surface area (Å²) in [7, 11) is -4.92. The van der Waals surface area contributed by atoms with Crippen LogP contribution in [0, 0.1) is 6.92 Å². The Labute approximate surface area is 222 Å². The number of carbonyl (C=O) groups is 1. The van der Waals surface area contributed by atoms with E-state index < -0.39 is 41.9 Å². The maximum Gasteiger partial charge on any atom is 0.322 e. The normalized spacial score (nSPS) is 23.6. The third kappa shape index (κ3) is 4.29. The first-order chi connectivity index (χ1) is 17.2. The van der Waals surface area contributed by atoms with E-state index in [1.54, 1.807) is 42.5 Å². The van der Waals surface area contributed by atoms with E-state index in [2.05, 4.69) is 40.4 Å². The van der Waals surface area contributed by atoms with E-state index >= 15 is 0 Å². The minimum absolute atomic E-state index is 0.0531. The predicted octanol–water partition coefficient (Wildman–Crippen LogP) is 5.89. The first kappa shape index (κ1) is 27.4. The fourth-order valence-electron chi connectivity index (χ4n) is 5.13. The lowest BCUT2D eigenvalue weighted by Gasteiger charge is -2.45. The molecule has 2 aliphatic rings. The number of hydrogen-bond acceptors (Lipinski definition) is 5. The number of esters is 1. The lowest BCUT2D eigenvalue weighted by molar-refractivity contribution is -0.146. The van der Waals surface area contributed by atoms with Crippen LogP contribution in [0.25, 0.3) is 0 Å². The molecule has 4 rings (SSSR count). The van der Waals surface area contributed by atoms with Crippen LogP contribution < -0.4 is 4.31 Å². The summed E-state index contributed by atoms with van der Waals surface area (Å²) in [5, 5.41) is -0.0531. The van der Waals surface area contributed by atoms with E-state index in [0.29, 0.717) is 17.7 Å². The number of hydrogen-bond donors (Lipinski definition) is 0. The fraction of sp³-hybridized carbons (Fsp3) is 0.414. The van der Waals surface area contributed by atoms with Crippen molar-refractivity contribution in [1.29, 1.82) is 0 Å². The average Bonchev–Trinajstić information content (AvgIpc) is 3.13. The molecule has 1 aliphatic heterocycles. The number of anilines is 1. The van der Waals surface area contributed by atoms with E-state index in [-0.39, 0.29) is 9.93 Å². The van der Waals surface area contributed by atoms with E-state index in [0.717, 1.165) is 11.1 Å². The maximum atomic E-state index is 14.2. The number of sulfonamides is 1. The summed E-state index contributed by atoms with van der Waals surface area (Å²) in [6, 6.07) is 13.2. The van der Waals surface area contributed by atoms with Gasteiger partial charge in [-0.25, -0.2) is 8.42 Å². The predicted molar refractivity (Wildman–Crippen MR) is 150 cm³/mol. The summed E-state index contributed by atoms with van der Waals surface area (Å²) in [6.07, 6.45) is 3.44. The number of aryl methyl sites for hydroxylation is 1. The van der Waals surface area contributed by atoms with Crippen LogP contribution in [0.1, 0.15) is 38.3 Å². The number of fused-ring (bicyclic) bond motifs is 3. The molecule has 0 unspecified atom stereocenters. The third-order valence-electron chi connectivity index (χ3n) is 8.18. The Morgan fingerprint density at radius 1 is 1.14 bits per heavy atom. The Morgan fingerprint density at radius 3 is 2.32 bits per heavy atom. The monoisotopic (exact) mass is 539 g/mol. The number of carbonyl (C=O) groups excluding carboxylic acids is 1. The lowest BCUT2D eigenvalue weighted by atomic mass is 9.69. The van der Waals surface area contributed by atoms with Gasteiger partial charge in [0.1, 0.15) is 5.41 Å². The number of methoxy groups -OCH3 is 1. The first-order valence-corrected chi connectivity index (χ1v) is 16.9. The van der Waals surface area contributed by atoms with Gasteiger partial charge in [-0.1, -0.05) is 75.4 Å². The van der Waals surface area contributed by atoms with E-state index in [1.807, 2.05) is 25.1 Å². The zero-order valence-electron chi connectivity index (χ0n) is 22.7. The quantitative estimate of drug-likeness (QED) is 0.338. The van der Waals surface area contributed by atoms with Gasteiger partial charge in [0, 0.05) is 0 Å². The van der Waals surface area contributed by atoms with Crippen molar-refractivity contribution in [2.75, 3.05) is 11.4 Å². The molecule has 1 heterocycles. The van der Waals surface area contributed by atoms with Crippen molar-refractivity contribution in [1.82, 2.24) is 0 Å². The van der Waals surface area contributed by atoms with Crippen molar-refractivity contribution in [3.63, 3.8) is 0 Å². The van der Waals surface area contributed by atoms with Crippen LogP contribution in [-0.4, -0.2) is 42.0 Å². The molecule has 3 atom stereocenters. The summed E-state index contributed by atoms with van der Waals surface area (Å²) in [4.78, 5) is 13.8. The second-order valence-corrected chi connectivity index (χ2v) is 18.0. The van der Waals surface area contributed by atoms with Crippen LogP contribution in [0.3, 0.4) is 0 Å². The highest BCUT2D eigenvalue weighted by Crippen LogP contribution is 2.54. The Balaban J connectivity index is 1.96. The Morgan fingerprint density at radius 2 is 1.76 bits per heavy atom. The molecule has 0 saturated heterocycles. The van der Waals surface area contributed by atoms with Crippen LogP contribution in [-0.2, 0) is 29.4 Å². The largest absolute Gasteiger partial charge is 0.468 e. The number of para-hydroxylation sites is 1. The van der Waals surface area contributed by atoms with E-state index in [1.165, 1.54) is 11.4 Å². The topological polar surface area (TPSA) is 72.9 Å². The van der Waals surface area contributed by atoms with Gasteiger partial charge in [-0.3, -0.25) is 9.10 Å². The number of benzene rings is 2. The van der Waals surface area contributed by atoms with Gasteiger partial charge in [-0.05, 0) is 60.8 Å². The maximum absolute atomic E-state index is 14.2. The zero-order chi connectivity index (χ0) is 27.4. The van der Waals surface area contributed by atoms with Crippen molar-refractivity contribution in [3.8, 4) is 0 Å². The van der Waals surface area contributed by atoms with Gasteiger partial charge in [0.15, 0.2) is 8.32 Å². The third-order valence-corrected chi connectivity index (χ3v) is 14.5. The van der Waals surface area contributed by atoms with Gasteiger partial charge in [0.2, 0.25) is 0 Å². The molecule has 0 amide bonds. The molecule has 0 bridgehead atoms. The molecule has 0 radical (unpaired) electrons. The molecule has 0 N–H and O–H groups in total. The summed E-state index contributed by atoms with van der Waals surface area (Å²) < 4.78 is 42.0. The molecule has 0 saturated carbocycles. The number of nitrogens with zero attached hydrogens (tertiary/aromatic N) is 1. The minimum atomic E-state index is -4.01. The highest BCUT2D eigenvalue weighted by molar-refractivity contribution is 7.93. The first-order valence-electron chi connectivity index (χ1n) is 12.5. The molecule has 1 aliphatic carbocycles. The van der Waals surface area contributed by atoms with Gasteiger partial charge in [0.05, 0.1) is 29.8 Å². The second-order valence-electron chi connectivity index (χ2n) is 11.5. The van der Waals surface area contributed by atoms with E-state index in [9.17, 15) is 13.2 Å². The molecule has 2 aromatic carbocycles. The summed E-state index contributed by atoms with van der Waals surface area (Å²) in [6.45, 7) is 16.8. The molecule has 0 spiro atoms. The van der Waals surface area contributed by atoms with Crippen LogP contribution in [0.5, 0.6) is 0 Å². The molecule has 0 fully saturated rings. The number of rotatable bonds is 6. The SMILES string of the molecule is C=CC1=C[C@@]2(C(=O)OC)c3ccccc3N(S(=O)(=O)c3ccc(C)cc3)[C@H]2C[C@@H]1O[Si](C)(C)C(C)(C)C. The van der Waals surface area contributed by atoms with Gasteiger partial charge in [0.25, 0.3) is 10.0 Å². The van der Waals surface area contributed by atoms with Crippen molar-refractivity contribution < 1.29 is 22.4 Å². The lowest BCUT2D eigenvalue weighted by Crippen LogP contribution is -2.56. The Bertz CT molecular complexity index is 1360. The fourth-order valence-corrected chi connectivity index (χ4v) is 8.14. The molecule has 6 nitrogen and oxygen atoms in total. The highest BCUT2D eigenvalue weighted by Gasteiger charge is 2.61. The van der Waals surface area contributed by atoms with Gasteiger partial charge in [-0.2, -0.15) is 0 Å². The zero-order valence-corrected chi connectivity index (χ0v) is 24.6. The van der Waals surface area contributed by atoms with Gasteiger partial charge in [-0.15, -0.1) is 0 Å². The van der Waals surface area contributed by atoms with Crippen molar-refractivity contribution in [2.45, 2.75) is 74.7 Å². The summed E-state index contributed by atoms with van der Waals surface area (Å²) >= 11 is 0. The standard InChI is InChI=1S/C29H37NO5SSi/c1-9-21-19-29(27(31)34-6)23-12-10-11-13-24(23)30(36(32,33)22-16-14-20(2)15-17-22)26(29)18-25(21)35-37(7,8)28(3,4)5/h9-17,19,25-26H,1,18H2,2-8H3/t25-,26-,29+/m0/s1. The van der Waals surface area contributed by atoms with E-state index in [4.69, 9.17) is 9.16 Å². The summed E-state index contributed by atoms with van der Waals surface area (Å²) in [5.41, 5.74) is 1.50. The van der Waals surface area contributed by atoms with Crippen LogP contribution in [0.4, 0.5) is 5.69 Å². The highest BCUT2D eigenvalue weighted by atomic mass is 32.2. The van der Waals surface area contributed by atoms with Gasteiger partial charge >= 0.3 is 5.97 Å². The molecular weight excluding hydrogens is 502 g/mol. The molecule has 37 heavy (non-hydrogen) atoms. The van der Waals surface area contributed by atoms with Crippen molar-refractivity contribution >= 4 is 30.0 Å². The second kappa shape index (κ2) is 9.25. The molecule has 2 aromatic rings. The molecule has 198 valence electrons. The van der Waals surface area contributed by atoms with Crippen molar-refractivity contribution in [2.24, 2.45) is 0 Å². The van der Waals surface area contributed by atoms with Crippen molar-refractivity contribution in [3.05, 3.63) is 84.0 Å². The Kier molecular flexibility index (Phi) is 6.84. The molecule has 0 aromatic heterocycles.